The van der Waals surface area contributed by atoms with Gasteiger partial charge in [0.2, 0.25) is 0 Å². The van der Waals surface area contributed by atoms with E-state index in [9.17, 15) is 22.4 Å². The number of anilines is 1. The van der Waals surface area contributed by atoms with E-state index in [4.69, 9.17) is 0 Å². The van der Waals surface area contributed by atoms with Gasteiger partial charge >= 0.3 is 12.2 Å². The fraction of sp³-hybridized carbons (Fsp3) is 0.450. The predicted octanol–water partition coefficient (Wildman–Crippen LogP) is 4.95. The van der Waals surface area contributed by atoms with Crippen molar-refractivity contribution in [2.45, 2.75) is 38.9 Å². The summed E-state index contributed by atoms with van der Waals surface area (Å²) in [6.07, 6.45) is 1.91. The Balaban J connectivity index is 1.98. The van der Waals surface area contributed by atoms with Crippen molar-refractivity contribution < 1.29 is 22.4 Å². The zero-order valence-corrected chi connectivity index (χ0v) is 16.2. The van der Waals surface area contributed by atoms with Crippen LogP contribution in [0.1, 0.15) is 32.8 Å². The molecule has 2 rings (SSSR count). The first-order valence-corrected chi connectivity index (χ1v) is 9.02. The van der Waals surface area contributed by atoms with Crippen LogP contribution in [-0.4, -0.2) is 36.1 Å². The van der Waals surface area contributed by atoms with Gasteiger partial charge in [-0.05, 0) is 51.0 Å². The molecule has 1 aliphatic heterocycles. The van der Waals surface area contributed by atoms with Crippen molar-refractivity contribution in [1.82, 2.24) is 10.2 Å². The molecular formula is C20H25F4N3O. The molecule has 1 aromatic rings. The molecule has 1 aliphatic rings. The van der Waals surface area contributed by atoms with Crippen molar-refractivity contribution in [2.75, 3.05) is 25.0 Å². The van der Waals surface area contributed by atoms with E-state index in [2.05, 4.69) is 15.5 Å². The summed E-state index contributed by atoms with van der Waals surface area (Å²) in [4.78, 5) is 14.5. The minimum atomic E-state index is -4.83. The van der Waals surface area contributed by atoms with Crippen molar-refractivity contribution in [1.29, 1.82) is 0 Å². The Kier molecular flexibility index (Phi) is 6.87. The molecule has 0 aromatic heterocycles. The van der Waals surface area contributed by atoms with E-state index in [0.717, 1.165) is 19.2 Å². The number of hydrogen-bond acceptors (Lipinski definition) is 2. The van der Waals surface area contributed by atoms with E-state index in [1.54, 1.807) is 0 Å². The lowest BCUT2D eigenvalue weighted by molar-refractivity contribution is -0.139. The number of nitrogens with zero attached hydrogens (tertiary/aromatic N) is 1. The van der Waals surface area contributed by atoms with Gasteiger partial charge in [0.25, 0.3) is 0 Å². The van der Waals surface area contributed by atoms with Crippen LogP contribution in [0.3, 0.4) is 0 Å². The van der Waals surface area contributed by atoms with Crippen LogP contribution in [0.4, 0.5) is 28.0 Å². The monoisotopic (exact) mass is 399 g/mol. The van der Waals surface area contributed by atoms with E-state index in [1.165, 1.54) is 5.57 Å². The summed E-state index contributed by atoms with van der Waals surface area (Å²) in [6, 6.07) is 1.76. The second-order valence-electron chi connectivity index (χ2n) is 7.16. The molecule has 1 heterocycles. The zero-order chi connectivity index (χ0) is 20.9. The molecule has 0 aliphatic carbocycles. The molecule has 4 nitrogen and oxygen atoms in total. The maximum atomic E-state index is 13.4. The average molecular weight is 399 g/mol. The summed E-state index contributed by atoms with van der Waals surface area (Å²) in [7, 11) is 0. The van der Waals surface area contributed by atoms with Gasteiger partial charge in [0.1, 0.15) is 5.82 Å². The first-order valence-electron chi connectivity index (χ1n) is 9.02. The first-order chi connectivity index (χ1) is 13.1. The zero-order valence-electron chi connectivity index (χ0n) is 16.2. The molecule has 2 N–H and O–H groups in total. The Hall–Kier alpha value is -2.35. The number of likely N-dealkylation sites (tertiary alicyclic amines) is 1. The van der Waals surface area contributed by atoms with Gasteiger partial charge in [0.15, 0.2) is 0 Å². The number of carbonyl (C=O) groups is 1. The summed E-state index contributed by atoms with van der Waals surface area (Å²) in [5.41, 5.74) is -0.867. The van der Waals surface area contributed by atoms with Gasteiger partial charge in [-0.2, -0.15) is 13.2 Å². The molecule has 1 atom stereocenters. The fourth-order valence-electron chi connectivity index (χ4n) is 3.26. The van der Waals surface area contributed by atoms with Crippen LogP contribution in [0.2, 0.25) is 0 Å². The van der Waals surface area contributed by atoms with Crippen molar-refractivity contribution in [3.8, 4) is 0 Å². The number of urea groups is 1. The molecule has 28 heavy (non-hydrogen) atoms. The highest BCUT2D eigenvalue weighted by molar-refractivity contribution is 5.89. The molecule has 1 saturated heterocycles. The molecule has 1 fully saturated rings. The lowest BCUT2D eigenvalue weighted by atomic mass is 10.0. The molecule has 154 valence electrons. The largest absolute Gasteiger partial charge is 0.419 e. The molecule has 2 amide bonds. The Morgan fingerprint density at radius 2 is 2.04 bits per heavy atom. The normalized spacial score (nSPS) is 21.3. The van der Waals surface area contributed by atoms with Gasteiger partial charge in [0.05, 0.1) is 11.1 Å². The Bertz CT molecular complexity index is 773. The van der Waals surface area contributed by atoms with Gasteiger partial charge in [-0.1, -0.05) is 18.2 Å². The topological polar surface area (TPSA) is 44.4 Å². The number of hydrogen-bond donors (Lipinski definition) is 2. The summed E-state index contributed by atoms with van der Waals surface area (Å²) in [6.45, 7) is 7.97. The quantitative estimate of drug-likeness (QED) is 0.543. The summed E-state index contributed by atoms with van der Waals surface area (Å²) < 4.78 is 51.8. The fourth-order valence-corrected chi connectivity index (χ4v) is 3.26. The maximum absolute atomic E-state index is 13.4. The summed E-state index contributed by atoms with van der Waals surface area (Å²) >= 11 is 0. The summed E-state index contributed by atoms with van der Waals surface area (Å²) in [5, 5.41) is 5.19. The minimum absolute atomic E-state index is 0.117. The van der Waals surface area contributed by atoms with Crippen LogP contribution in [0.5, 0.6) is 0 Å². The van der Waals surface area contributed by atoms with Gasteiger partial charge in [-0.3, -0.25) is 4.90 Å². The SMILES string of the molecule is CC=CC(=CC)CN1CCC(C)(NC(=O)Nc2ccc(F)c(C(F)(F)F)c2)C1. The van der Waals surface area contributed by atoms with E-state index >= 15 is 0 Å². The minimum Gasteiger partial charge on any atom is -0.331 e. The number of allylic oxidation sites excluding steroid dienone is 2. The second kappa shape index (κ2) is 8.77. The van der Waals surface area contributed by atoms with Crippen LogP contribution in [0.15, 0.2) is 42.0 Å². The maximum Gasteiger partial charge on any atom is 0.419 e. The lowest BCUT2D eigenvalue weighted by Gasteiger charge is -2.26. The standard InChI is InChI=1S/C20H25F4N3O/c1-4-6-14(5-2)12-27-10-9-19(3,13-27)26-18(28)25-15-7-8-17(21)16(11-15)20(22,23)24/h4-8,11H,9-10,12-13H2,1-3H3,(H2,25,26,28). The Morgan fingerprint density at radius 3 is 2.64 bits per heavy atom. The second-order valence-corrected chi connectivity index (χ2v) is 7.16. The molecule has 0 radical (unpaired) electrons. The Morgan fingerprint density at radius 1 is 1.32 bits per heavy atom. The van der Waals surface area contributed by atoms with Crippen molar-refractivity contribution in [3.05, 3.63) is 53.4 Å². The number of alkyl halides is 3. The van der Waals surface area contributed by atoms with E-state index in [1.807, 2.05) is 39.0 Å². The highest BCUT2D eigenvalue weighted by Gasteiger charge is 2.36. The molecular weight excluding hydrogens is 374 g/mol. The first kappa shape index (κ1) is 21.9. The third-order valence-corrected chi connectivity index (χ3v) is 4.66. The van der Waals surface area contributed by atoms with Crippen LogP contribution in [-0.2, 0) is 6.18 Å². The lowest BCUT2D eigenvalue weighted by Crippen LogP contribution is -2.49. The molecule has 1 aromatic carbocycles. The van der Waals surface area contributed by atoms with Crippen LogP contribution < -0.4 is 10.6 Å². The van der Waals surface area contributed by atoms with Gasteiger partial charge < -0.3 is 10.6 Å². The van der Waals surface area contributed by atoms with Gasteiger partial charge in [0, 0.05) is 25.3 Å². The predicted molar refractivity (Wildman–Crippen MR) is 102 cm³/mol. The number of benzene rings is 1. The smallest absolute Gasteiger partial charge is 0.331 e. The highest BCUT2D eigenvalue weighted by Crippen LogP contribution is 2.33. The van der Waals surface area contributed by atoms with Crippen molar-refractivity contribution in [2.24, 2.45) is 0 Å². The molecule has 0 spiro atoms. The van der Waals surface area contributed by atoms with E-state index in [0.29, 0.717) is 25.1 Å². The van der Waals surface area contributed by atoms with Gasteiger partial charge in [-0.25, -0.2) is 9.18 Å². The number of amides is 2. The number of carbonyl (C=O) groups excluding carboxylic acids is 1. The Labute approximate surface area is 162 Å². The van der Waals surface area contributed by atoms with E-state index in [-0.39, 0.29) is 5.69 Å². The molecule has 0 saturated carbocycles. The number of nitrogens with one attached hydrogen (secondary N) is 2. The van der Waals surface area contributed by atoms with Gasteiger partial charge in [-0.15, -0.1) is 0 Å². The van der Waals surface area contributed by atoms with Crippen LogP contribution >= 0.6 is 0 Å². The summed E-state index contributed by atoms with van der Waals surface area (Å²) in [5.74, 6) is -1.38. The molecule has 8 heteroatoms. The number of rotatable bonds is 5. The highest BCUT2D eigenvalue weighted by atomic mass is 19.4. The third-order valence-electron chi connectivity index (χ3n) is 4.66. The average Bonchev–Trinajstić information content (AvgIpc) is 2.95. The van der Waals surface area contributed by atoms with Crippen LogP contribution in [0, 0.1) is 5.82 Å². The van der Waals surface area contributed by atoms with E-state index < -0.39 is 29.1 Å². The molecule has 0 bridgehead atoms. The van der Waals surface area contributed by atoms with Crippen LogP contribution in [0.25, 0.3) is 0 Å². The molecule has 1 unspecified atom stereocenters. The number of halogens is 4. The third kappa shape index (κ3) is 5.82. The van der Waals surface area contributed by atoms with Crippen molar-refractivity contribution >= 4 is 11.7 Å². The van der Waals surface area contributed by atoms with Crippen molar-refractivity contribution in [3.63, 3.8) is 0 Å².